The van der Waals surface area contributed by atoms with Gasteiger partial charge in [-0.15, -0.1) is 0 Å². The summed E-state index contributed by atoms with van der Waals surface area (Å²) in [6.07, 6.45) is -2.57. The molecule has 7 nitrogen and oxygen atoms in total. The highest BCUT2D eigenvalue weighted by molar-refractivity contribution is 6.04. The van der Waals surface area contributed by atoms with Crippen molar-refractivity contribution < 1.29 is 27.9 Å². The van der Waals surface area contributed by atoms with Crippen molar-refractivity contribution in [2.45, 2.75) is 25.6 Å². The van der Waals surface area contributed by atoms with Crippen molar-refractivity contribution in [3.05, 3.63) is 59.8 Å². The van der Waals surface area contributed by atoms with E-state index in [-0.39, 0.29) is 5.91 Å². The minimum atomic E-state index is -5.08. The summed E-state index contributed by atoms with van der Waals surface area (Å²) in [6.45, 7) is 2.74. The molecule has 3 aromatic rings. The molecule has 1 amide bonds. The molecule has 3 N–H and O–H groups in total. The van der Waals surface area contributed by atoms with Crippen LogP contribution < -0.4 is 10.2 Å². The Morgan fingerprint density at radius 3 is 2.45 bits per heavy atom. The van der Waals surface area contributed by atoms with Crippen molar-refractivity contribution in [3.63, 3.8) is 0 Å². The number of hydrogen-bond acceptors (Lipinski definition) is 4. The third-order valence-corrected chi connectivity index (χ3v) is 4.76. The zero-order valence-electron chi connectivity index (χ0n) is 16.4. The van der Waals surface area contributed by atoms with E-state index in [1.807, 2.05) is 30.3 Å². The van der Waals surface area contributed by atoms with E-state index < -0.39 is 12.1 Å². The van der Waals surface area contributed by atoms with Crippen LogP contribution in [0.2, 0.25) is 0 Å². The molecule has 164 valence electrons. The van der Waals surface area contributed by atoms with E-state index in [2.05, 4.69) is 38.6 Å². The standard InChI is InChI=1S/C19H20N4O.C2HF3O2/c24-19(18-16-8-1-2-9-17(16)21-22-18)20-13-14-6-5-7-15(12-14)23-10-3-4-11-23;3-2(4,5)1(6)7/h1-2,5-9,12H,3-4,10-11,13H2,(H,20,24)(H,21,22);(H,6,7). The normalized spacial score (nSPS) is 13.6. The second-order valence-electron chi connectivity index (χ2n) is 6.97. The van der Waals surface area contributed by atoms with Crippen molar-refractivity contribution in [2.24, 2.45) is 0 Å². The number of nitrogens with one attached hydrogen (secondary N) is 2. The fourth-order valence-electron chi connectivity index (χ4n) is 3.24. The Labute approximate surface area is 175 Å². The van der Waals surface area contributed by atoms with Crippen LogP contribution in [0.25, 0.3) is 10.9 Å². The molecule has 0 bridgehead atoms. The summed E-state index contributed by atoms with van der Waals surface area (Å²) in [4.78, 5) is 23.7. The largest absolute Gasteiger partial charge is 0.490 e. The van der Waals surface area contributed by atoms with Crippen LogP contribution in [0.3, 0.4) is 0 Å². The van der Waals surface area contributed by atoms with Crippen molar-refractivity contribution in [1.82, 2.24) is 15.5 Å². The maximum atomic E-state index is 12.4. The first-order valence-corrected chi connectivity index (χ1v) is 9.61. The molecule has 1 aliphatic rings. The van der Waals surface area contributed by atoms with E-state index in [4.69, 9.17) is 9.90 Å². The molecule has 2 aromatic carbocycles. The van der Waals surface area contributed by atoms with Crippen LogP contribution in [0.15, 0.2) is 48.5 Å². The molecular formula is C21H21F3N4O3. The molecule has 0 aliphatic carbocycles. The summed E-state index contributed by atoms with van der Waals surface area (Å²) in [5.41, 5.74) is 3.66. The summed E-state index contributed by atoms with van der Waals surface area (Å²) in [5, 5.41) is 18.0. The number of carbonyl (C=O) groups is 2. The van der Waals surface area contributed by atoms with Gasteiger partial charge in [-0.2, -0.15) is 18.3 Å². The number of aromatic nitrogens is 2. The topological polar surface area (TPSA) is 98.3 Å². The van der Waals surface area contributed by atoms with Gasteiger partial charge in [-0.3, -0.25) is 9.89 Å². The number of hydrogen-bond donors (Lipinski definition) is 3. The van der Waals surface area contributed by atoms with Gasteiger partial charge in [0.25, 0.3) is 5.91 Å². The average Bonchev–Trinajstić information content (AvgIpc) is 3.42. The molecule has 1 fully saturated rings. The number of alkyl halides is 3. The van der Waals surface area contributed by atoms with Gasteiger partial charge in [0.2, 0.25) is 0 Å². The number of carboxylic acids is 1. The minimum Gasteiger partial charge on any atom is -0.475 e. The lowest BCUT2D eigenvalue weighted by Crippen LogP contribution is -2.24. The van der Waals surface area contributed by atoms with Gasteiger partial charge in [0.1, 0.15) is 0 Å². The Balaban J connectivity index is 0.000000339. The molecule has 10 heteroatoms. The zero-order chi connectivity index (χ0) is 22.4. The van der Waals surface area contributed by atoms with E-state index in [0.29, 0.717) is 12.2 Å². The van der Waals surface area contributed by atoms with E-state index in [1.54, 1.807) is 0 Å². The Hall–Kier alpha value is -3.56. The summed E-state index contributed by atoms with van der Waals surface area (Å²) >= 11 is 0. The van der Waals surface area contributed by atoms with E-state index >= 15 is 0 Å². The van der Waals surface area contributed by atoms with Gasteiger partial charge >= 0.3 is 12.1 Å². The predicted molar refractivity (Wildman–Crippen MR) is 109 cm³/mol. The Bertz CT molecular complexity index is 1060. The number of carbonyl (C=O) groups excluding carboxylic acids is 1. The van der Waals surface area contributed by atoms with Gasteiger partial charge < -0.3 is 15.3 Å². The lowest BCUT2D eigenvalue weighted by atomic mass is 10.1. The molecule has 2 heterocycles. The summed E-state index contributed by atoms with van der Waals surface area (Å²) < 4.78 is 31.7. The van der Waals surface area contributed by atoms with Gasteiger partial charge in [0, 0.05) is 30.7 Å². The first-order chi connectivity index (χ1) is 14.8. The molecule has 0 saturated carbocycles. The Kier molecular flexibility index (Phi) is 6.78. The number of nitrogens with zero attached hydrogens (tertiary/aromatic N) is 2. The zero-order valence-corrected chi connectivity index (χ0v) is 16.4. The third kappa shape index (κ3) is 5.74. The maximum Gasteiger partial charge on any atom is 0.490 e. The predicted octanol–water partition coefficient (Wildman–Crippen LogP) is 3.73. The fourth-order valence-corrected chi connectivity index (χ4v) is 3.24. The second-order valence-corrected chi connectivity index (χ2v) is 6.97. The number of amides is 1. The highest BCUT2D eigenvalue weighted by Crippen LogP contribution is 2.21. The third-order valence-electron chi connectivity index (χ3n) is 4.76. The monoisotopic (exact) mass is 434 g/mol. The number of carboxylic acid groups (broad SMARTS) is 1. The van der Waals surface area contributed by atoms with Gasteiger partial charge in [0.05, 0.1) is 5.52 Å². The number of rotatable bonds is 4. The number of benzene rings is 2. The van der Waals surface area contributed by atoms with Crippen LogP contribution in [0.1, 0.15) is 28.9 Å². The molecule has 4 rings (SSSR count). The van der Waals surface area contributed by atoms with Gasteiger partial charge in [-0.25, -0.2) is 4.79 Å². The Morgan fingerprint density at radius 2 is 1.77 bits per heavy atom. The number of para-hydroxylation sites is 1. The number of aromatic amines is 1. The molecule has 0 spiro atoms. The van der Waals surface area contributed by atoms with Crippen LogP contribution in [0.4, 0.5) is 18.9 Å². The van der Waals surface area contributed by atoms with Crippen molar-refractivity contribution >= 4 is 28.5 Å². The van der Waals surface area contributed by atoms with Crippen LogP contribution >= 0.6 is 0 Å². The molecule has 1 saturated heterocycles. The number of fused-ring (bicyclic) bond motifs is 1. The molecular weight excluding hydrogens is 413 g/mol. The summed E-state index contributed by atoms with van der Waals surface area (Å²) in [5.74, 6) is -2.91. The first kappa shape index (κ1) is 22.1. The lowest BCUT2D eigenvalue weighted by Gasteiger charge is -2.18. The number of H-pyrrole nitrogens is 1. The molecule has 1 aliphatic heterocycles. The van der Waals surface area contributed by atoms with E-state index in [0.717, 1.165) is 29.6 Å². The maximum absolute atomic E-state index is 12.4. The average molecular weight is 434 g/mol. The number of halogens is 3. The lowest BCUT2D eigenvalue weighted by molar-refractivity contribution is -0.192. The molecule has 31 heavy (non-hydrogen) atoms. The van der Waals surface area contributed by atoms with Crippen LogP contribution in [0.5, 0.6) is 0 Å². The van der Waals surface area contributed by atoms with Crippen molar-refractivity contribution in [3.8, 4) is 0 Å². The fraction of sp³-hybridized carbons (Fsp3) is 0.286. The molecule has 0 radical (unpaired) electrons. The van der Waals surface area contributed by atoms with E-state index in [9.17, 15) is 18.0 Å². The van der Waals surface area contributed by atoms with Crippen molar-refractivity contribution in [2.75, 3.05) is 18.0 Å². The van der Waals surface area contributed by atoms with Gasteiger partial charge in [-0.1, -0.05) is 30.3 Å². The van der Waals surface area contributed by atoms with Crippen LogP contribution in [-0.2, 0) is 11.3 Å². The number of anilines is 1. The number of aliphatic carboxylic acids is 1. The Morgan fingerprint density at radius 1 is 1.10 bits per heavy atom. The molecule has 1 aromatic heterocycles. The second kappa shape index (κ2) is 9.50. The summed E-state index contributed by atoms with van der Waals surface area (Å²) in [6, 6.07) is 16.0. The SMILES string of the molecule is O=C(NCc1cccc(N2CCCC2)c1)c1n[nH]c2ccccc12.O=C(O)C(F)(F)F. The highest BCUT2D eigenvalue weighted by atomic mass is 19.4. The summed E-state index contributed by atoms with van der Waals surface area (Å²) in [7, 11) is 0. The quantitative estimate of drug-likeness (QED) is 0.581. The molecule has 0 atom stereocenters. The van der Waals surface area contributed by atoms with Gasteiger partial charge in [-0.05, 0) is 36.6 Å². The molecule has 0 unspecified atom stereocenters. The van der Waals surface area contributed by atoms with E-state index in [1.165, 1.54) is 18.5 Å². The minimum absolute atomic E-state index is 0.154. The smallest absolute Gasteiger partial charge is 0.475 e. The van der Waals surface area contributed by atoms with Crippen molar-refractivity contribution in [1.29, 1.82) is 0 Å². The first-order valence-electron chi connectivity index (χ1n) is 9.61. The van der Waals surface area contributed by atoms with Crippen LogP contribution in [0, 0.1) is 0 Å². The van der Waals surface area contributed by atoms with Crippen LogP contribution in [-0.4, -0.2) is 46.4 Å². The van der Waals surface area contributed by atoms with Gasteiger partial charge in [0.15, 0.2) is 5.69 Å². The highest BCUT2D eigenvalue weighted by Gasteiger charge is 2.38.